The minimum Gasteiger partial charge on any atom is -0.352 e. The Bertz CT molecular complexity index is 380. The topological polar surface area (TPSA) is 41.1 Å². The van der Waals surface area contributed by atoms with Crippen molar-refractivity contribution in [3.8, 4) is 0 Å². The number of amides is 1. The van der Waals surface area contributed by atoms with E-state index in [2.05, 4.69) is 41.8 Å². The van der Waals surface area contributed by atoms with Crippen molar-refractivity contribution in [3.63, 3.8) is 0 Å². The lowest BCUT2D eigenvalue weighted by molar-refractivity contribution is -0.125. The molecule has 0 bridgehead atoms. The Labute approximate surface area is 109 Å². The monoisotopic (exact) mass is 246 g/mol. The maximum atomic E-state index is 11.9. The first-order valence-electron chi connectivity index (χ1n) is 6.86. The van der Waals surface area contributed by atoms with Gasteiger partial charge in [-0.05, 0) is 36.9 Å². The largest absolute Gasteiger partial charge is 0.352 e. The van der Waals surface area contributed by atoms with Crippen LogP contribution in [0.15, 0.2) is 24.3 Å². The van der Waals surface area contributed by atoms with Crippen LogP contribution in [0.2, 0.25) is 0 Å². The summed E-state index contributed by atoms with van der Waals surface area (Å²) >= 11 is 0. The van der Waals surface area contributed by atoms with Crippen molar-refractivity contribution >= 4 is 5.91 Å². The number of rotatable bonds is 4. The zero-order chi connectivity index (χ0) is 12.8. The van der Waals surface area contributed by atoms with Gasteiger partial charge in [-0.3, -0.25) is 4.79 Å². The summed E-state index contributed by atoms with van der Waals surface area (Å²) in [6.07, 6.45) is 3.16. The van der Waals surface area contributed by atoms with Crippen LogP contribution >= 0.6 is 0 Å². The van der Waals surface area contributed by atoms with Gasteiger partial charge in [0.05, 0.1) is 5.92 Å². The van der Waals surface area contributed by atoms with Crippen LogP contribution in [0.4, 0.5) is 0 Å². The number of nitrogens with one attached hydrogen (secondary N) is 2. The molecule has 1 aromatic carbocycles. The minimum atomic E-state index is 0.147. The van der Waals surface area contributed by atoms with Gasteiger partial charge in [-0.1, -0.05) is 31.2 Å². The maximum absolute atomic E-state index is 11.9. The van der Waals surface area contributed by atoms with Crippen LogP contribution < -0.4 is 10.6 Å². The second-order valence-electron chi connectivity index (χ2n) is 4.93. The molecule has 2 N–H and O–H groups in total. The molecule has 1 saturated heterocycles. The molecule has 0 radical (unpaired) electrons. The summed E-state index contributed by atoms with van der Waals surface area (Å²) in [5.41, 5.74) is 2.51. The fourth-order valence-electron chi connectivity index (χ4n) is 2.30. The third-order valence-corrected chi connectivity index (χ3v) is 3.57. The first-order chi connectivity index (χ1) is 8.79. The van der Waals surface area contributed by atoms with Gasteiger partial charge in [0.15, 0.2) is 0 Å². The van der Waals surface area contributed by atoms with E-state index >= 15 is 0 Å². The lowest BCUT2D eigenvalue weighted by Crippen LogP contribution is -2.40. The van der Waals surface area contributed by atoms with Crippen LogP contribution in [0.5, 0.6) is 0 Å². The van der Waals surface area contributed by atoms with Crippen LogP contribution in [0.25, 0.3) is 0 Å². The lowest BCUT2D eigenvalue weighted by Gasteiger charge is -2.21. The standard InChI is InChI=1S/C15H22N2O/c1-2-12-5-7-13(8-6-12)10-17-15(18)14-4-3-9-16-11-14/h5-8,14,16H,2-4,9-11H2,1H3,(H,17,18)/t14-/m0/s1. The molecule has 1 fully saturated rings. The molecule has 0 aliphatic carbocycles. The summed E-state index contributed by atoms with van der Waals surface area (Å²) < 4.78 is 0. The maximum Gasteiger partial charge on any atom is 0.224 e. The fourth-order valence-corrected chi connectivity index (χ4v) is 2.30. The lowest BCUT2D eigenvalue weighted by atomic mass is 9.99. The minimum absolute atomic E-state index is 0.147. The Hall–Kier alpha value is -1.35. The summed E-state index contributed by atoms with van der Waals surface area (Å²) in [6.45, 7) is 4.65. The molecule has 3 heteroatoms. The fraction of sp³-hybridized carbons (Fsp3) is 0.533. The Kier molecular flexibility index (Phi) is 4.76. The van der Waals surface area contributed by atoms with Gasteiger partial charge in [0, 0.05) is 13.1 Å². The number of aryl methyl sites for hydroxylation is 1. The third-order valence-electron chi connectivity index (χ3n) is 3.57. The average molecular weight is 246 g/mol. The highest BCUT2D eigenvalue weighted by atomic mass is 16.1. The first-order valence-corrected chi connectivity index (χ1v) is 6.86. The number of hydrogen-bond donors (Lipinski definition) is 2. The number of carbonyl (C=O) groups excluding carboxylic acids is 1. The van der Waals surface area contributed by atoms with Gasteiger partial charge in [-0.25, -0.2) is 0 Å². The Morgan fingerprint density at radius 2 is 2.06 bits per heavy atom. The van der Waals surface area contributed by atoms with Gasteiger partial charge in [0.1, 0.15) is 0 Å². The predicted octanol–water partition coefficient (Wildman–Crippen LogP) is 1.86. The molecule has 1 aromatic rings. The van der Waals surface area contributed by atoms with Gasteiger partial charge in [-0.15, -0.1) is 0 Å². The van der Waals surface area contributed by atoms with E-state index in [9.17, 15) is 4.79 Å². The van der Waals surface area contributed by atoms with E-state index < -0.39 is 0 Å². The molecular formula is C15H22N2O. The highest BCUT2D eigenvalue weighted by molar-refractivity contribution is 5.78. The predicted molar refractivity (Wildman–Crippen MR) is 73.3 cm³/mol. The summed E-state index contributed by atoms with van der Waals surface area (Å²) in [5, 5.41) is 6.30. The molecule has 1 aliphatic rings. The van der Waals surface area contributed by atoms with E-state index in [1.54, 1.807) is 0 Å². The van der Waals surface area contributed by atoms with Crippen molar-refractivity contribution in [3.05, 3.63) is 35.4 Å². The van der Waals surface area contributed by atoms with Gasteiger partial charge in [0.25, 0.3) is 0 Å². The Morgan fingerprint density at radius 3 is 2.67 bits per heavy atom. The molecule has 0 aromatic heterocycles. The molecule has 0 unspecified atom stereocenters. The molecular weight excluding hydrogens is 224 g/mol. The van der Waals surface area contributed by atoms with E-state index in [4.69, 9.17) is 0 Å². The number of carbonyl (C=O) groups is 1. The molecule has 1 aliphatic heterocycles. The van der Waals surface area contributed by atoms with Crippen molar-refractivity contribution in [2.45, 2.75) is 32.7 Å². The molecule has 2 rings (SSSR count). The van der Waals surface area contributed by atoms with Crippen molar-refractivity contribution in [2.24, 2.45) is 5.92 Å². The SMILES string of the molecule is CCc1ccc(CNC(=O)[C@H]2CCCNC2)cc1. The normalized spacial score (nSPS) is 19.5. The second-order valence-corrected chi connectivity index (χ2v) is 4.93. The van der Waals surface area contributed by atoms with E-state index in [-0.39, 0.29) is 11.8 Å². The molecule has 1 heterocycles. The van der Waals surface area contributed by atoms with Crippen LogP contribution in [0, 0.1) is 5.92 Å². The van der Waals surface area contributed by atoms with E-state index in [1.807, 2.05) is 0 Å². The summed E-state index contributed by atoms with van der Waals surface area (Å²) in [7, 11) is 0. The Balaban J connectivity index is 1.80. The molecule has 3 nitrogen and oxygen atoms in total. The zero-order valence-electron chi connectivity index (χ0n) is 11.0. The molecule has 1 atom stereocenters. The number of benzene rings is 1. The third kappa shape index (κ3) is 3.57. The summed E-state index contributed by atoms with van der Waals surface area (Å²) in [4.78, 5) is 11.9. The van der Waals surface area contributed by atoms with E-state index in [0.717, 1.165) is 32.4 Å². The quantitative estimate of drug-likeness (QED) is 0.851. The molecule has 0 spiro atoms. The Morgan fingerprint density at radius 1 is 1.33 bits per heavy atom. The first kappa shape index (κ1) is 13.1. The summed E-state index contributed by atoms with van der Waals surface area (Å²) in [6, 6.07) is 8.45. The second kappa shape index (κ2) is 6.55. The van der Waals surface area contributed by atoms with Crippen molar-refractivity contribution in [1.29, 1.82) is 0 Å². The van der Waals surface area contributed by atoms with Crippen LogP contribution in [-0.2, 0) is 17.8 Å². The van der Waals surface area contributed by atoms with E-state index in [0.29, 0.717) is 6.54 Å². The molecule has 98 valence electrons. The number of hydrogen-bond acceptors (Lipinski definition) is 2. The average Bonchev–Trinajstić information content (AvgIpc) is 2.46. The van der Waals surface area contributed by atoms with Crippen molar-refractivity contribution < 1.29 is 4.79 Å². The van der Waals surface area contributed by atoms with E-state index in [1.165, 1.54) is 11.1 Å². The van der Waals surface area contributed by atoms with Crippen LogP contribution in [-0.4, -0.2) is 19.0 Å². The van der Waals surface area contributed by atoms with Crippen molar-refractivity contribution in [2.75, 3.05) is 13.1 Å². The molecule has 0 saturated carbocycles. The van der Waals surface area contributed by atoms with Crippen molar-refractivity contribution in [1.82, 2.24) is 10.6 Å². The van der Waals surface area contributed by atoms with Crippen LogP contribution in [0.1, 0.15) is 30.9 Å². The van der Waals surface area contributed by atoms with Gasteiger partial charge in [0.2, 0.25) is 5.91 Å². The molecule has 18 heavy (non-hydrogen) atoms. The zero-order valence-corrected chi connectivity index (χ0v) is 11.0. The highest BCUT2D eigenvalue weighted by Crippen LogP contribution is 2.10. The summed E-state index contributed by atoms with van der Waals surface area (Å²) in [5.74, 6) is 0.329. The molecule has 1 amide bonds. The highest BCUT2D eigenvalue weighted by Gasteiger charge is 2.20. The number of piperidine rings is 1. The van der Waals surface area contributed by atoms with Crippen LogP contribution in [0.3, 0.4) is 0 Å². The van der Waals surface area contributed by atoms with Gasteiger partial charge in [-0.2, -0.15) is 0 Å². The smallest absolute Gasteiger partial charge is 0.224 e. The van der Waals surface area contributed by atoms with Gasteiger partial charge < -0.3 is 10.6 Å². The van der Waals surface area contributed by atoms with Gasteiger partial charge >= 0.3 is 0 Å².